The van der Waals surface area contributed by atoms with Crippen molar-refractivity contribution in [2.75, 3.05) is 0 Å². The summed E-state index contributed by atoms with van der Waals surface area (Å²) in [6, 6.07) is 17.7. The van der Waals surface area contributed by atoms with Gasteiger partial charge in [0.25, 0.3) is 0 Å². The van der Waals surface area contributed by atoms with Crippen LogP contribution in [0.3, 0.4) is 0 Å². The van der Waals surface area contributed by atoms with Gasteiger partial charge in [0.05, 0.1) is 12.7 Å². The van der Waals surface area contributed by atoms with Crippen molar-refractivity contribution in [1.29, 1.82) is 5.41 Å². The van der Waals surface area contributed by atoms with Gasteiger partial charge in [-0.25, -0.2) is 0 Å². The summed E-state index contributed by atoms with van der Waals surface area (Å²) in [6.45, 7) is 2.47. The Hall–Kier alpha value is -2.13. The quantitative estimate of drug-likeness (QED) is 0.635. The van der Waals surface area contributed by atoms with Crippen LogP contribution in [-0.2, 0) is 11.3 Å². The molecule has 0 spiro atoms. The van der Waals surface area contributed by atoms with Crippen LogP contribution in [0.25, 0.3) is 0 Å². The molecular formula is C16H18N2O. The third kappa shape index (κ3) is 3.42. The van der Waals surface area contributed by atoms with E-state index in [-0.39, 0.29) is 11.9 Å². The molecule has 1 unspecified atom stereocenters. The van der Waals surface area contributed by atoms with Crippen LogP contribution >= 0.6 is 0 Å². The van der Waals surface area contributed by atoms with E-state index in [1.165, 1.54) is 0 Å². The van der Waals surface area contributed by atoms with E-state index in [1.807, 2.05) is 61.5 Å². The van der Waals surface area contributed by atoms with Gasteiger partial charge in [-0.05, 0) is 18.1 Å². The molecule has 0 heterocycles. The number of hydrogen-bond donors (Lipinski definition) is 2. The van der Waals surface area contributed by atoms with Gasteiger partial charge in [-0.2, -0.15) is 0 Å². The Labute approximate surface area is 113 Å². The summed E-state index contributed by atoms with van der Waals surface area (Å²) in [4.78, 5) is 0. The van der Waals surface area contributed by atoms with Crippen LogP contribution in [0, 0.1) is 5.41 Å². The summed E-state index contributed by atoms with van der Waals surface area (Å²) >= 11 is 0. The van der Waals surface area contributed by atoms with Crippen LogP contribution in [0.2, 0.25) is 0 Å². The van der Waals surface area contributed by atoms with Gasteiger partial charge in [0.15, 0.2) is 0 Å². The lowest BCUT2D eigenvalue weighted by atomic mass is 10.1. The molecule has 0 fully saturated rings. The summed E-state index contributed by atoms with van der Waals surface area (Å²) in [7, 11) is 0. The van der Waals surface area contributed by atoms with Crippen molar-refractivity contribution in [1.82, 2.24) is 0 Å². The number of ether oxygens (including phenoxy) is 1. The number of nitrogens with two attached hydrogens (primary N) is 1. The molecule has 3 nitrogen and oxygen atoms in total. The molecule has 0 aliphatic carbocycles. The zero-order valence-electron chi connectivity index (χ0n) is 11.0. The van der Waals surface area contributed by atoms with Crippen molar-refractivity contribution in [3.8, 4) is 0 Å². The number of benzene rings is 2. The predicted molar refractivity (Wildman–Crippen MR) is 77.1 cm³/mol. The summed E-state index contributed by atoms with van der Waals surface area (Å²) in [5.74, 6) is 0.0755. The van der Waals surface area contributed by atoms with Gasteiger partial charge < -0.3 is 10.5 Å². The van der Waals surface area contributed by atoms with Crippen LogP contribution in [-0.4, -0.2) is 5.84 Å². The fraction of sp³-hybridized carbons (Fsp3) is 0.188. The highest BCUT2D eigenvalue weighted by atomic mass is 16.5. The summed E-state index contributed by atoms with van der Waals surface area (Å²) in [5, 5.41) is 7.55. The second-order valence-corrected chi connectivity index (χ2v) is 4.43. The van der Waals surface area contributed by atoms with Crippen molar-refractivity contribution < 1.29 is 4.74 Å². The molecule has 3 heteroatoms. The highest BCUT2D eigenvalue weighted by Gasteiger charge is 2.08. The topological polar surface area (TPSA) is 59.1 Å². The second-order valence-electron chi connectivity index (χ2n) is 4.43. The van der Waals surface area contributed by atoms with Crippen molar-refractivity contribution in [2.24, 2.45) is 5.73 Å². The molecule has 1 atom stereocenters. The maximum atomic E-state index is 7.55. The third-order valence-electron chi connectivity index (χ3n) is 3.07. The van der Waals surface area contributed by atoms with Gasteiger partial charge in [0.1, 0.15) is 5.84 Å². The van der Waals surface area contributed by atoms with E-state index in [0.29, 0.717) is 6.61 Å². The molecule has 19 heavy (non-hydrogen) atoms. The molecule has 0 aliphatic rings. The molecule has 0 bridgehead atoms. The molecule has 0 aliphatic heterocycles. The lowest BCUT2D eigenvalue weighted by Crippen LogP contribution is -2.14. The van der Waals surface area contributed by atoms with Crippen molar-refractivity contribution in [3.63, 3.8) is 0 Å². The van der Waals surface area contributed by atoms with Crippen LogP contribution in [0.5, 0.6) is 0 Å². The van der Waals surface area contributed by atoms with Crippen molar-refractivity contribution in [3.05, 3.63) is 71.3 Å². The van der Waals surface area contributed by atoms with Gasteiger partial charge in [0.2, 0.25) is 0 Å². The molecule has 2 aromatic rings. The fourth-order valence-electron chi connectivity index (χ4n) is 1.94. The lowest BCUT2D eigenvalue weighted by molar-refractivity contribution is 0.0525. The van der Waals surface area contributed by atoms with E-state index < -0.39 is 0 Å². The van der Waals surface area contributed by atoms with Crippen LogP contribution in [0.15, 0.2) is 54.6 Å². The Kier molecular flexibility index (Phi) is 4.31. The highest BCUT2D eigenvalue weighted by Crippen LogP contribution is 2.19. The van der Waals surface area contributed by atoms with Gasteiger partial charge in [0, 0.05) is 5.56 Å². The Balaban J connectivity index is 2.05. The van der Waals surface area contributed by atoms with E-state index >= 15 is 0 Å². The minimum absolute atomic E-state index is 0.0150. The summed E-state index contributed by atoms with van der Waals surface area (Å²) in [5.41, 5.74) is 8.38. The predicted octanol–water partition coefficient (Wildman–Crippen LogP) is 3.25. The molecular weight excluding hydrogens is 236 g/mol. The SMILES string of the molecule is CC(OCc1ccccc1C(=N)N)c1ccccc1. The molecule has 3 N–H and O–H groups in total. The first-order valence-corrected chi connectivity index (χ1v) is 6.27. The molecule has 0 saturated carbocycles. The van der Waals surface area contributed by atoms with E-state index in [0.717, 1.165) is 16.7 Å². The molecule has 98 valence electrons. The third-order valence-corrected chi connectivity index (χ3v) is 3.07. The lowest BCUT2D eigenvalue weighted by Gasteiger charge is -2.15. The monoisotopic (exact) mass is 254 g/mol. The number of amidine groups is 1. The molecule has 0 amide bonds. The smallest absolute Gasteiger partial charge is 0.123 e. The molecule has 0 radical (unpaired) electrons. The molecule has 2 aromatic carbocycles. The van der Waals surface area contributed by atoms with E-state index in [9.17, 15) is 0 Å². The average Bonchev–Trinajstić information content (AvgIpc) is 2.46. The first kappa shape index (κ1) is 13.3. The number of nitrogen functional groups attached to an aromatic ring is 1. The average molecular weight is 254 g/mol. The summed E-state index contributed by atoms with van der Waals surface area (Å²) < 4.78 is 5.85. The first-order chi connectivity index (χ1) is 9.18. The number of hydrogen-bond acceptors (Lipinski definition) is 2. The Bertz CT molecular complexity index is 552. The Morgan fingerprint density at radius 1 is 1.11 bits per heavy atom. The largest absolute Gasteiger partial charge is 0.384 e. The zero-order valence-corrected chi connectivity index (χ0v) is 11.0. The molecule has 2 rings (SSSR count). The van der Waals surface area contributed by atoms with Gasteiger partial charge >= 0.3 is 0 Å². The maximum Gasteiger partial charge on any atom is 0.123 e. The highest BCUT2D eigenvalue weighted by molar-refractivity contribution is 5.96. The van der Waals surface area contributed by atoms with E-state index in [4.69, 9.17) is 15.9 Å². The van der Waals surface area contributed by atoms with Crippen LogP contribution < -0.4 is 5.73 Å². The number of rotatable bonds is 5. The Morgan fingerprint density at radius 3 is 2.42 bits per heavy atom. The minimum atomic E-state index is 0.0150. The fourth-order valence-corrected chi connectivity index (χ4v) is 1.94. The van der Waals surface area contributed by atoms with Crippen LogP contribution in [0.4, 0.5) is 0 Å². The number of nitrogens with one attached hydrogen (secondary N) is 1. The molecule has 0 aromatic heterocycles. The van der Waals surface area contributed by atoms with E-state index in [1.54, 1.807) is 0 Å². The second kappa shape index (κ2) is 6.16. The van der Waals surface area contributed by atoms with Crippen molar-refractivity contribution in [2.45, 2.75) is 19.6 Å². The van der Waals surface area contributed by atoms with Gasteiger partial charge in [-0.1, -0.05) is 54.6 Å². The Morgan fingerprint density at radius 2 is 1.74 bits per heavy atom. The normalized spacial score (nSPS) is 12.1. The molecule has 0 saturated heterocycles. The first-order valence-electron chi connectivity index (χ1n) is 6.27. The van der Waals surface area contributed by atoms with Gasteiger partial charge in [-0.15, -0.1) is 0 Å². The maximum absolute atomic E-state index is 7.55. The standard InChI is InChI=1S/C16H18N2O/c1-12(13-7-3-2-4-8-13)19-11-14-9-5-6-10-15(14)16(17)18/h2-10,12H,11H2,1H3,(H3,17,18). The zero-order chi connectivity index (χ0) is 13.7. The summed E-state index contributed by atoms with van der Waals surface area (Å²) in [6.07, 6.45) is 0.0150. The van der Waals surface area contributed by atoms with Gasteiger partial charge in [-0.3, -0.25) is 5.41 Å². The van der Waals surface area contributed by atoms with Crippen LogP contribution in [0.1, 0.15) is 29.7 Å². The van der Waals surface area contributed by atoms with Crippen molar-refractivity contribution >= 4 is 5.84 Å². The minimum Gasteiger partial charge on any atom is -0.384 e. The van der Waals surface area contributed by atoms with E-state index in [2.05, 4.69) is 0 Å².